The molecule has 0 saturated heterocycles. The van der Waals surface area contributed by atoms with Crippen LogP contribution in [0.25, 0.3) is 11.0 Å². The zero-order valence-corrected chi connectivity index (χ0v) is 21.1. The second kappa shape index (κ2) is 11.4. The summed E-state index contributed by atoms with van der Waals surface area (Å²) in [5.41, 5.74) is 1.56. The maximum absolute atomic E-state index is 14.8. The summed E-state index contributed by atoms with van der Waals surface area (Å²) in [6.45, 7) is 0.869. The van der Waals surface area contributed by atoms with E-state index in [9.17, 15) is 14.0 Å². The van der Waals surface area contributed by atoms with Crippen molar-refractivity contribution in [1.29, 1.82) is 0 Å². The number of anilines is 2. The van der Waals surface area contributed by atoms with Gasteiger partial charge in [-0.1, -0.05) is 12.8 Å². The highest BCUT2D eigenvalue weighted by molar-refractivity contribution is 7.78. The molecule has 2 aromatic heterocycles. The summed E-state index contributed by atoms with van der Waals surface area (Å²) in [5.74, 6) is -0.872. The van der Waals surface area contributed by atoms with Crippen LogP contribution in [-0.2, 0) is 0 Å². The number of nitrogens with one attached hydrogen (secondary N) is 2. The smallest absolute Gasteiger partial charge is 0.270 e. The van der Waals surface area contributed by atoms with Crippen molar-refractivity contribution in [1.82, 2.24) is 24.8 Å². The summed E-state index contributed by atoms with van der Waals surface area (Å²) in [6.07, 6.45) is 6.40. The van der Waals surface area contributed by atoms with Gasteiger partial charge in [-0.25, -0.2) is 14.4 Å². The van der Waals surface area contributed by atoms with E-state index in [1.165, 1.54) is 18.2 Å². The molecule has 0 unspecified atom stereocenters. The molecule has 1 saturated carbocycles. The van der Waals surface area contributed by atoms with Crippen LogP contribution in [0.4, 0.5) is 16.0 Å². The van der Waals surface area contributed by atoms with Crippen molar-refractivity contribution in [2.75, 3.05) is 32.5 Å². The van der Waals surface area contributed by atoms with Crippen LogP contribution in [0, 0.1) is 5.82 Å². The minimum Gasteiger partial charge on any atom is -0.352 e. The molecular weight excluding hydrogens is 481 g/mol. The number of thiocarbonyl (C=S) groups is 1. The van der Waals surface area contributed by atoms with Crippen LogP contribution >= 0.6 is 12.2 Å². The zero-order valence-electron chi connectivity index (χ0n) is 20.3. The standard InChI is InChI=1S/C25H28FN7O2S/c1-32(2)24(35)21-13-17-14-29-25(31-22(17)33(21)18-6-3-4-7-18)30-20-9-8-16(12-19(20)26)23(34)28-11-5-10-27-15-36/h8-9,12-14,18H,3-7,10-11H2,1-2H3,(H,28,34)(H,29,30,31). The Balaban J connectivity index is 1.56. The number of hydrogen-bond acceptors (Lipinski definition) is 7. The quantitative estimate of drug-likeness (QED) is 0.252. The first-order valence-electron chi connectivity index (χ1n) is 11.9. The Morgan fingerprint density at radius 2 is 2.06 bits per heavy atom. The number of fused-ring (bicyclic) bond motifs is 1. The molecule has 2 heterocycles. The second-order valence-electron chi connectivity index (χ2n) is 8.91. The van der Waals surface area contributed by atoms with Gasteiger partial charge in [-0.2, -0.15) is 4.98 Å². The van der Waals surface area contributed by atoms with Crippen molar-refractivity contribution < 1.29 is 14.0 Å². The number of aliphatic imine (C=N–C) groups is 1. The van der Waals surface area contributed by atoms with E-state index in [-0.39, 0.29) is 35.1 Å². The minimum absolute atomic E-state index is 0.0965. The molecule has 0 radical (unpaired) electrons. The Morgan fingerprint density at radius 1 is 1.28 bits per heavy atom. The molecule has 0 spiro atoms. The number of isothiocyanates is 1. The minimum atomic E-state index is -0.605. The van der Waals surface area contributed by atoms with Gasteiger partial charge in [-0.15, -0.1) is 0 Å². The van der Waals surface area contributed by atoms with E-state index in [4.69, 9.17) is 0 Å². The number of rotatable bonds is 9. The van der Waals surface area contributed by atoms with E-state index in [1.54, 1.807) is 25.2 Å². The van der Waals surface area contributed by atoms with Gasteiger partial charge in [0.15, 0.2) is 0 Å². The first kappa shape index (κ1) is 25.4. The van der Waals surface area contributed by atoms with Crippen molar-refractivity contribution >= 4 is 51.9 Å². The number of aromatic nitrogens is 3. The first-order chi connectivity index (χ1) is 17.4. The van der Waals surface area contributed by atoms with Crippen molar-refractivity contribution in [2.45, 2.75) is 38.1 Å². The molecule has 4 rings (SSSR count). The topological polar surface area (TPSA) is 105 Å². The number of halogens is 1. The molecule has 188 valence electrons. The van der Waals surface area contributed by atoms with Gasteiger partial charge in [0, 0.05) is 43.8 Å². The fraction of sp³-hybridized carbons (Fsp3) is 0.400. The van der Waals surface area contributed by atoms with E-state index in [0.29, 0.717) is 30.9 Å². The monoisotopic (exact) mass is 509 g/mol. The van der Waals surface area contributed by atoms with Crippen LogP contribution in [0.2, 0.25) is 0 Å². The molecule has 1 fully saturated rings. The Labute approximate surface area is 213 Å². The van der Waals surface area contributed by atoms with Crippen LogP contribution in [0.1, 0.15) is 59.0 Å². The van der Waals surface area contributed by atoms with E-state index < -0.39 is 5.82 Å². The summed E-state index contributed by atoms with van der Waals surface area (Å²) < 4.78 is 16.8. The fourth-order valence-corrected chi connectivity index (χ4v) is 4.47. The number of carbonyl (C=O) groups excluding carboxylic acids is 2. The summed E-state index contributed by atoms with van der Waals surface area (Å²) in [5, 5.41) is 8.65. The Hall–Kier alpha value is -3.69. The van der Waals surface area contributed by atoms with E-state index in [1.807, 2.05) is 10.6 Å². The molecule has 2 N–H and O–H groups in total. The maximum atomic E-state index is 14.8. The predicted molar refractivity (Wildman–Crippen MR) is 140 cm³/mol. The molecule has 0 atom stereocenters. The average Bonchev–Trinajstić information content (AvgIpc) is 3.52. The molecule has 1 aromatic carbocycles. The number of carbonyl (C=O) groups is 2. The molecule has 1 aliphatic rings. The number of hydrogen-bond donors (Lipinski definition) is 2. The molecular formula is C25H28FN7O2S. The predicted octanol–water partition coefficient (Wildman–Crippen LogP) is 4.35. The highest BCUT2D eigenvalue weighted by Crippen LogP contribution is 2.35. The third-order valence-corrected chi connectivity index (χ3v) is 6.29. The molecule has 3 aromatic rings. The summed E-state index contributed by atoms with van der Waals surface area (Å²) >= 11 is 4.50. The molecule has 11 heteroatoms. The van der Waals surface area contributed by atoms with Gasteiger partial charge in [0.1, 0.15) is 17.2 Å². The SMILES string of the molecule is CN(C)C(=O)c1cc2cnc(Nc3ccc(C(=O)NCCCN=C=S)cc3F)nc2n1C1CCCC1. The molecule has 0 aliphatic heterocycles. The van der Waals surface area contributed by atoms with Gasteiger partial charge < -0.3 is 20.1 Å². The average molecular weight is 510 g/mol. The van der Waals surface area contributed by atoms with Crippen LogP contribution in [0.5, 0.6) is 0 Å². The third-order valence-electron chi connectivity index (χ3n) is 6.17. The van der Waals surface area contributed by atoms with Crippen molar-refractivity contribution in [2.24, 2.45) is 4.99 Å². The molecule has 2 amide bonds. The maximum Gasteiger partial charge on any atom is 0.270 e. The number of benzene rings is 1. The second-order valence-corrected chi connectivity index (χ2v) is 9.09. The molecule has 9 nitrogen and oxygen atoms in total. The van der Waals surface area contributed by atoms with Crippen LogP contribution in [0.15, 0.2) is 35.5 Å². The lowest BCUT2D eigenvalue weighted by Gasteiger charge is -2.19. The zero-order chi connectivity index (χ0) is 25.7. The summed E-state index contributed by atoms with van der Waals surface area (Å²) in [6, 6.07) is 6.17. The lowest BCUT2D eigenvalue weighted by molar-refractivity contribution is 0.0815. The highest BCUT2D eigenvalue weighted by atomic mass is 32.1. The van der Waals surface area contributed by atoms with Crippen LogP contribution < -0.4 is 10.6 Å². The van der Waals surface area contributed by atoms with Gasteiger partial charge in [0.25, 0.3) is 11.8 Å². The van der Waals surface area contributed by atoms with E-state index in [0.717, 1.165) is 31.1 Å². The van der Waals surface area contributed by atoms with Gasteiger partial charge in [-0.3, -0.25) is 9.59 Å². The fourth-order valence-electron chi connectivity index (χ4n) is 4.38. The number of nitrogens with zero attached hydrogens (tertiary/aromatic N) is 5. The van der Waals surface area contributed by atoms with Crippen molar-refractivity contribution in [3.63, 3.8) is 0 Å². The van der Waals surface area contributed by atoms with Crippen molar-refractivity contribution in [3.05, 3.63) is 47.5 Å². The van der Waals surface area contributed by atoms with Gasteiger partial charge in [-0.05, 0) is 55.7 Å². The lowest BCUT2D eigenvalue weighted by atomic mass is 10.2. The van der Waals surface area contributed by atoms with E-state index in [2.05, 4.69) is 43.0 Å². The highest BCUT2D eigenvalue weighted by Gasteiger charge is 2.26. The Bertz CT molecular complexity index is 1330. The largest absolute Gasteiger partial charge is 0.352 e. The lowest BCUT2D eigenvalue weighted by Crippen LogP contribution is -2.25. The Morgan fingerprint density at radius 3 is 2.75 bits per heavy atom. The molecule has 1 aliphatic carbocycles. The van der Waals surface area contributed by atoms with E-state index >= 15 is 0 Å². The van der Waals surface area contributed by atoms with Gasteiger partial charge in [0.2, 0.25) is 5.95 Å². The van der Waals surface area contributed by atoms with Crippen LogP contribution in [-0.4, -0.2) is 63.6 Å². The van der Waals surface area contributed by atoms with Crippen molar-refractivity contribution in [3.8, 4) is 0 Å². The van der Waals surface area contributed by atoms with Crippen LogP contribution in [0.3, 0.4) is 0 Å². The summed E-state index contributed by atoms with van der Waals surface area (Å²) in [4.78, 5) is 39.4. The normalized spacial score (nSPS) is 13.4. The van der Waals surface area contributed by atoms with Gasteiger partial charge >= 0.3 is 0 Å². The van der Waals surface area contributed by atoms with Gasteiger partial charge in [0.05, 0.1) is 17.4 Å². The summed E-state index contributed by atoms with van der Waals surface area (Å²) in [7, 11) is 3.45. The first-order valence-corrected chi connectivity index (χ1v) is 12.3. The molecule has 0 bridgehead atoms. The Kier molecular flexibility index (Phi) is 8.02. The molecule has 36 heavy (non-hydrogen) atoms. The number of amides is 2. The third kappa shape index (κ3) is 5.58.